The summed E-state index contributed by atoms with van der Waals surface area (Å²) in [6.07, 6.45) is 0. The SMILES string of the molecule is COc1ccc(Br)cc1C(=O)Nc1ccc(N2CCN(C(C)=O)CC2)c(Cl)c1. The fourth-order valence-electron chi connectivity index (χ4n) is 3.16. The molecule has 148 valence electrons. The summed E-state index contributed by atoms with van der Waals surface area (Å²) in [7, 11) is 1.53. The first-order chi connectivity index (χ1) is 13.4. The third-order valence-corrected chi connectivity index (χ3v) is 5.47. The second kappa shape index (κ2) is 8.84. The topological polar surface area (TPSA) is 61.9 Å². The summed E-state index contributed by atoms with van der Waals surface area (Å²) in [6.45, 7) is 4.38. The summed E-state index contributed by atoms with van der Waals surface area (Å²) in [4.78, 5) is 28.1. The Labute approximate surface area is 177 Å². The molecule has 0 aromatic heterocycles. The highest BCUT2D eigenvalue weighted by molar-refractivity contribution is 9.10. The average molecular weight is 467 g/mol. The van der Waals surface area contributed by atoms with Crippen LogP contribution < -0.4 is 15.0 Å². The minimum Gasteiger partial charge on any atom is -0.496 e. The second-order valence-electron chi connectivity index (χ2n) is 6.46. The van der Waals surface area contributed by atoms with Gasteiger partial charge in [0.05, 0.1) is 23.4 Å². The lowest BCUT2D eigenvalue weighted by molar-refractivity contribution is -0.129. The third kappa shape index (κ3) is 4.59. The van der Waals surface area contributed by atoms with Gasteiger partial charge >= 0.3 is 0 Å². The van der Waals surface area contributed by atoms with Crippen molar-refractivity contribution in [2.24, 2.45) is 0 Å². The predicted octanol–water partition coefficient (Wildman–Crippen LogP) is 4.03. The van der Waals surface area contributed by atoms with Gasteiger partial charge in [-0.25, -0.2) is 0 Å². The molecular formula is C20H21BrClN3O3. The number of methoxy groups -OCH3 is 1. The van der Waals surface area contributed by atoms with Gasteiger partial charge in [-0.1, -0.05) is 27.5 Å². The number of hydrogen-bond acceptors (Lipinski definition) is 4. The van der Waals surface area contributed by atoms with Crippen molar-refractivity contribution < 1.29 is 14.3 Å². The molecule has 0 bridgehead atoms. The maximum atomic E-state index is 12.6. The Bertz CT molecular complexity index is 898. The van der Waals surface area contributed by atoms with Gasteiger partial charge in [-0.05, 0) is 36.4 Å². The van der Waals surface area contributed by atoms with Crippen molar-refractivity contribution in [2.75, 3.05) is 43.5 Å². The Morgan fingerprint density at radius 1 is 1.11 bits per heavy atom. The first kappa shape index (κ1) is 20.5. The van der Waals surface area contributed by atoms with Crippen LogP contribution in [0.5, 0.6) is 5.75 Å². The maximum Gasteiger partial charge on any atom is 0.259 e. The molecule has 1 aliphatic heterocycles. The second-order valence-corrected chi connectivity index (χ2v) is 7.78. The van der Waals surface area contributed by atoms with E-state index in [1.54, 1.807) is 25.1 Å². The van der Waals surface area contributed by atoms with Crippen molar-refractivity contribution in [3.8, 4) is 5.75 Å². The highest BCUT2D eigenvalue weighted by Gasteiger charge is 2.21. The van der Waals surface area contributed by atoms with Crippen LogP contribution in [0.1, 0.15) is 17.3 Å². The minimum absolute atomic E-state index is 0.0896. The van der Waals surface area contributed by atoms with E-state index in [4.69, 9.17) is 16.3 Å². The van der Waals surface area contributed by atoms with Crippen molar-refractivity contribution in [3.63, 3.8) is 0 Å². The monoisotopic (exact) mass is 465 g/mol. The van der Waals surface area contributed by atoms with E-state index in [0.717, 1.165) is 23.2 Å². The number of piperazine rings is 1. The van der Waals surface area contributed by atoms with Crippen LogP contribution in [0, 0.1) is 0 Å². The summed E-state index contributed by atoms with van der Waals surface area (Å²) in [5, 5.41) is 3.41. The van der Waals surface area contributed by atoms with E-state index in [1.807, 2.05) is 23.1 Å². The zero-order valence-electron chi connectivity index (χ0n) is 15.7. The fraction of sp³-hybridized carbons (Fsp3) is 0.300. The van der Waals surface area contributed by atoms with Gasteiger partial charge in [0, 0.05) is 43.3 Å². The lowest BCUT2D eigenvalue weighted by Gasteiger charge is -2.36. The largest absolute Gasteiger partial charge is 0.496 e. The molecule has 2 amide bonds. The molecule has 28 heavy (non-hydrogen) atoms. The molecule has 0 spiro atoms. The smallest absolute Gasteiger partial charge is 0.259 e. The van der Waals surface area contributed by atoms with E-state index in [0.29, 0.717) is 35.1 Å². The van der Waals surface area contributed by atoms with Gasteiger partial charge in [-0.2, -0.15) is 0 Å². The number of nitrogens with one attached hydrogen (secondary N) is 1. The van der Waals surface area contributed by atoms with Gasteiger partial charge in [-0.3, -0.25) is 9.59 Å². The van der Waals surface area contributed by atoms with Gasteiger partial charge in [-0.15, -0.1) is 0 Å². The molecule has 1 N–H and O–H groups in total. The number of nitrogens with zero attached hydrogens (tertiary/aromatic N) is 2. The van der Waals surface area contributed by atoms with Crippen LogP contribution in [0.2, 0.25) is 5.02 Å². The Balaban J connectivity index is 1.72. The molecule has 8 heteroatoms. The molecule has 1 aliphatic rings. The number of carbonyl (C=O) groups is 2. The van der Waals surface area contributed by atoms with E-state index < -0.39 is 0 Å². The Hall–Kier alpha value is -2.25. The first-order valence-electron chi connectivity index (χ1n) is 8.84. The summed E-state index contributed by atoms with van der Waals surface area (Å²) in [6, 6.07) is 10.7. The van der Waals surface area contributed by atoms with Crippen LogP contribution in [0.3, 0.4) is 0 Å². The van der Waals surface area contributed by atoms with Gasteiger partial charge < -0.3 is 19.9 Å². The fourth-order valence-corrected chi connectivity index (χ4v) is 3.82. The van der Waals surface area contributed by atoms with E-state index in [2.05, 4.69) is 26.1 Å². The number of carbonyl (C=O) groups excluding carboxylic acids is 2. The van der Waals surface area contributed by atoms with E-state index >= 15 is 0 Å². The molecule has 1 heterocycles. The zero-order valence-corrected chi connectivity index (χ0v) is 18.0. The van der Waals surface area contributed by atoms with Crippen molar-refractivity contribution >= 4 is 50.7 Å². The summed E-state index contributed by atoms with van der Waals surface area (Å²) >= 11 is 9.84. The van der Waals surface area contributed by atoms with Crippen molar-refractivity contribution in [3.05, 3.63) is 51.5 Å². The molecule has 0 aliphatic carbocycles. The maximum absolute atomic E-state index is 12.6. The Morgan fingerprint density at radius 3 is 2.43 bits per heavy atom. The van der Waals surface area contributed by atoms with Crippen molar-refractivity contribution in [1.29, 1.82) is 0 Å². The normalized spacial score (nSPS) is 14.0. The molecule has 1 fully saturated rings. The van der Waals surface area contributed by atoms with Crippen molar-refractivity contribution in [2.45, 2.75) is 6.92 Å². The van der Waals surface area contributed by atoms with Crippen LogP contribution in [0.25, 0.3) is 0 Å². The van der Waals surface area contributed by atoms with Gasteiger partial charge in [0.1, 0.15) is 5.75 Å². The molecule has 0 radical (unpaired) electrons. The lowest BCUT2D eigenvalue weighted by Crippen LogP contribution is -2.48. The van der Waals surface area contributed by atoms with Crippen molar-refractivity contribution in [1.82, 2.24) is 4.90 Å². The summed E-state index contributed by atoms with van der Waals surface area (Å²) in [5.41, 5.74) is 1.92. The summed E-state index contributed by atoms with van der Waals surface area (Å²) in [5.74, 6) is 0.301. The third-order valence-electron chi connectivity index (χ3n) is 4.68. The molecule has 1 saturated heterocycles. The number of halogens is 2. The molecule has 0 atom stereocenters. The quantitative estimate of drug-likeness (QED) is 0.739. The van der Waals surface area contributed by atoms with Crippen LogP contribution in [-0.2, 0) is 4.79 Å². The van der Waals surface area contributed by atoms with Crippen LogP contribution in [-0.4, -0.2) is 50.0 Å². The highest BCUT2D eigenvalue weighted by atomic mass is 79.9. The average Bonchev–Trinajstić information content (AvgIpc) is 2.68. The lowest BCUT2D eigenvalue weighted by atomic mass is 10.1. The van der Waals surface area contributed by atoms with Gasteiger partial charge in [0.2, 0.25) is 5.91 Å². The number of benzene rings is 2. The van der Waals surface area contributed by atoms with E-state index in [9.17, 15) is 9.59 Å². The number of ether oxygens (including phenoxy) is 1. The molecule has 6 nitrogen and oxygen atoms in total. The molecule has 2 aromatic rings. The summed E-state index contributed by atoms with van der Waals surface area (Å²) < 4.78 is 6.05. The van der Waals surface area contributed by atoms with Gasteiger partial charge in [0.25, 0.3) is 5.91 Å². The Kier molecular flexibility index (Phi) is 6.46. The van der Waals surface area contributed by atoms with Crippen LogP contribution >= 0.6 is 27.5 Å². The number of rotatable bonds is 4. The van der Waals surface area contributed by atoms with Gasteiger partial charge in [0.15, 0.2) is 0 Å². The van der Waals surface area contributed by atoms with E-state index in [1.165, 1.54) is 7.11 Å². The first-order valence-corrected chi connectivity index (χ1v) is 10.0. The predicted molar refractivity (Wildman–Crippen MR) is 115 cm³/mol. The van der Waals surface area contributed by atoms with E-state index in [-0.39, 0.29) is 11.8 Å². The molecule has 0 saturated carbocycles. The molecular weight excluding hydrogens is 446 g/mol. The zero-order chi connectivity index (χ0) is 20.3. The number of hydrogen-bond donors (Lipinski definition) is 1. The molecule has 0 unspecified atom stereocenters. The van der Waals surface area contributed by atoms with Crippen LogP contribution in [0.15, 0.2) is 40.9 Å². The highest BCUT2D eigenvalue weighted by Crippen LogP contribution is 2.30. The Morgan fingerprint density at radius 2 is 1.82 bits per heavy atom. The standard InChI is InChI=1S/C20H21BrClN3O3/c1-13(26)24-7-9-25(10-8-24)18-5-4-15(12-17(18)22)23-20(27)16-11-14(21)3-6-19(16)28-2/h3-6,11-12H,7-10H2,1-2H3,(H,23,27). The number of amides is 2. The number of anilines is 2. The molecule has 3 rings (SSSR count). The minimum atomic E-state index is -0.281. The molecule has 2 aromatic carbocycles. The van der Waals surface area contributed by atoms with Crippen LogP contribution in [0.4, 0.5) is 11.4 Å².